The van der Waals surface area contributed by atoms with E-state index < -0.39 is 11.1 Å². The molecule has 1 aromatic carbocycles. The number of halogens is 2. The summed E-state index contributed by atoms with van der Waals surface area (Å²) in [6.45, 7) is 3.15. The van der Waals surface area contributed by atoms with Crippen molar-refractivity contribution < 1.29 is 9.18 Å². The number of aromatic nitrogens is 5. The summed E-state index contributed by atoms with van der Waals surface area (Å²) < 4.78 is 15.8. The lowest BCUT2D eigenvalue weighted by atomic mass is 9.95. The second-order valence-electron chi connectivity index (χ2n) is 8.85. The summed E-state index contributed by atoms with van der Waals surface area (Å²) in [6, 6.07) is 9.22. The molecule has 4 aromatic rings. The average molecular weight is 453 g/mol. The standard InChI is InChI=1S/C23H22ClFN6O/c1-22(2,25)13-31-19-9-17(26-10-14(19)11-28-31)20-18(12-27-30-20)29-21(32)23(7-8-23)15-3-5-16(24)6-4-15/h3-6,9-12H,7-8,13H2,1-2H3,(H,27,30)(H,29,32). The van der Waals surface area contributed by atoms with Crippen molar-refractivity contribution in [3.8, 4) is 11.4 Å². The van der Waals surface area contributed by atoms with Crippen LogP contribution in [-0.2, 0) is 16.8 Å². The number of H-pyrrole nitrogens is 1. The maximum absolute atomic E-state index is 14.2. The number of rotatable bonds is 6. The highest BCUT2D eigenvalue weighted by molar-refractivity contribution is 6.30. The van der Waals surface area contributed by atoms with Gasteiger partial charge >= 0.3 is 0 Å². The van der Waals surface area contributed by atoms with Gasteiger partial charge in [-0.3, -0.25) is 19.6 Å². The van der Waals surface area contributed by atoms with Crippen molar-refractivity contribution in [2.24, 2.45) is 0 Å². The summed E-state index contributed by atoms with van der Waals surface area (Å²) in [6.07, 6.45) is 6.46. The normalized spacial score (nSPS) is 15.1. The first-order chi connectivity index (χ1) is 15.2. The molecule has 1 amide bonds. The summed E-state index contributed by atoms with van der Waals surface area (Å²) in [5.41, 5.74) is 1.45. The Morgan fingerprint density at radius 1 is 1.25 bits per heavy atom. The number of anilines is 1. The summed E-state index contributed by atoms with van der Waals surface area (Å²) >= 11 is 6.00. The van der Waals surface area contributed by atoms with Gasteiger partial charge in [-0.2, -0.15) is 10.2 Å². The minimum atomic E-state index is -1.41. The Balaban J connectivity index is 1.44. The molecule has 1 aliphatic carbocycles. The first-order valence-electron chi connectivity index (χ1n) is 10.4. The van der Waals surface area contributed by atoms with Gasteiger partial charge in [0.1, 0.15) is 11.4 Å². The van der Waals surface area contributed by atoms with Crippen molar-refractivity contribution in [1.82, 2.24) is 25.0 Å². The lowest BCUT2D eigenvalue weighted by molar-refractivity contribution is -0.118. The fraction of sp³-hybridized carbons (Fsp3) is 0.304. The minimum absolute atomic E-state index is 0.0900. The van der Waals surface area contributed by atoms with Gasteiger partial charge in [0.2, 0.25) is 5.91 Å². The molecule has 9 heteroatoms. The number of amides is 1. The average Bonchev–Trinajstić information content (AvgIpc) is 3.29. The fourth-order valence-corrected chi connectivity index (χ4v) is 4.08. The van der Waals surface area contributed by atoms with E-state index in [0.717, 1.165) is 29.3 Å². The molecular weight excluding hydrogens is 431 g/mol. The third-order valence-electron chi connectivity index (χ3n) is 5.78. The second-order valence-corrected chi connectivity index (χ2v) is 9.29. The number of benzene rings is 1. The molecule has 0 saturated heterocycles. The van der Waals surface area contributed by atoms with Crippen LogP contribution in [0, 0.1) is 0 Å². The third-order valence-corrected chi connectivity index (χ3v) is 6.03. The predicted molar refractivity (Wildman–Crippen MR) is 121 cm³/mol. The Morgan fingerprint density at radius 2 is 2.00 bits per heavy atom. The van der Waals surface area contributed by atoms with E-state index in [4.69, 9.17) is 11.6 Å². The van der Waals surface area contributed by atoms with Gasteiger partial charge < -0.3 is 5.32 Å². The maximum Gasteiger partial charge on any atom is 0.235 e. The molecular formula is C23H22ClFN6O. The monoisotopic (exact) mass is 452 g/mol. The van der Waals surface area contributed by atoms with E-state index in [9.17, 15) is 9.18 Å². The molecule has 0 bridgehead atoms. The Morgan fingerprint density at radius 3 is 2.69 bits per heavy atom. The van der Waals surface area contributed by atoms with Crippen LogP contribution in [0.1, 0.15) is 32.3 Å². The van der Waals surface area contributed by atoms with Gasteiger partial charge in [0.25, 0.3) is 0 Å². The van der Waals surface area contributed by atoms with E-state index in [0.29, 0.717) is 22.1 Å². The molecule has 0 aliphatic heterocycles. The number of alkyl halides is 1. The van der Waals surface area contributed by atoms with Crippen molar-refractivity contribution in [1.29, 1.82) is 0 Å². The number of carbonyl (C=O) groups excluding carboxylic acids is 1. The number of nitrogens with zero attached hydrogens (tertiary/aromatic N) is 4. The lowest BCUT2D eigenvalue weighted by Gasteiger charge is -2.16. The van der Waals surface area contributed by atoms with Gasteiger partial charge in [-0.05, 0) is 50.5 Å². The van der Waals surface area contributed by atoms with E-state index in [1.807, 2.05) is 18.2 Å². The van der Waals surface area contributed by atoms with Crippen molar-refractivity contribution >= 4 is 34.1 Å². The molecule has 0 radical (unpaired) electrons. The van der Waals surface area contributed by atoms with Crippen LogP contribution in [-0.4, -0.2) is 36.5 Å². The smallest absolute Gasteiger partial charge is 0.235 e. The van der Waals surface area contributed by atoms with Crippen molar-refractivity contribution in [2.75, 3.05) is 5.32 Å². The van der Waals surface area contributed by atoms with Crippen LogP contribution in [0.15, 0.2) is 48.9 Å². The highest BCUT2D eigenvalue weighted by atomic mass is 35.5. The molecule has 0 atom stereocenters. The van der Waals surface area contributed by atoms with Crippen LogP contribution >= 0.6 is 11.6 Å². The molecule has 3 heterocycles. The largest absolute Gasteiger partial charge is 0.322 e. The Bertz CT molecular complexity index is 1300. The number of hydrogen-bond donors (Lipinski definition) is 2. The molecule has 2 N–H and O–H groups in total. The van der Waals surface area contributed by atoms with Crippen LogP contribution in [0.3, 0.4) is 0 Å². The number of fused-ring (bicyclic) bond motifs is 1. The highest BCUT2D eigenvalue weighted by Gasteiger charge is 2.51. The van der Waals surface area contributed by atoms with E-state index in [-0.39, 0.29) is 12.5 Å². The van der Waals surface area contributed by atoms with E-state index >= 15 is 0 Å². The Hall–Kier alpha value is -3.26. The fourth-order valence-electron chi connectivity index (χ4n) is 3.95. The molecule has 1 saturated carbocycles. The number of pyridine rings is 1. The number of carbonyl (C=O) groups is 1. The number of nitrogens with one attached hydrogen (secondary N) is 2. The summed E-state index contributed by atoms with van der Waals surface area (Å²) in [7, 11) is 0. The van der Waals surface area contributed by atoms with E-state index in [2.05, 4.69) is 25.6 Å². The second kappa shape index (κ2) is 7.41. The van der Waals surface area contributed by atoms with Gasteiger partial charge in [-0.15, -0.1) is 0 Å². The molecule has 32 heavy (non-hydrogen) atoms. The van der Waals surface area contributed by atoms with Crippen LogP contribution in [0.2, 0.25) is 5.02 Å². The molecule has 0 spiro atoms. The Kier molecular flexibility index (Phi) is 4.78. The predicted octanol–water partition coefficient (Wildman–Crippen LogP) is 4.89. The zero-order valence-electron chi connectivity index (χ0n) is 17.7. The molecule has 0 unspecified atom stereocenters. The van der Waals surface area contributed by atoms with Crippen molar-refractivity contribution in [3.05, 3.63) is 59.5 Å². The zero-order chi connectivity index (χ0) is 22.5. The molecule has 7 nitrogen and oxygen atoms in total. The summed E-state index contributed by atoms with van der Waals surface area (Å²) in [5, 5.41) is 15.8. The molecule has 5 rings (SSSR count). The molecule has 1 fully saturated rings. The summed E-state index contributed by atoms with van der Waals surface area (Å²) in [5.74, 6) is -0.0900. The molecule has 3 aromatic heterocycles. The van der Waals surface area contributed by atoms with E-state index in [1.165, 1.54) is 13.8 Å². The number of aromatic amines is 1. The first-order valence-corrected chi connectivity index (χ1v) is 10.7. The third kappa shape index (κ3) is 3.75. The topological polar surface area (TPSA) is 88.5 Å². The van der Waals surface area contributed by atoms with Crippen LogP contribution in [0.4, 0.5) is 10.1 Å². The maximum atomic E-state index is 14.2. The van der Waals surface area contributed by atoms with Crippen molar-refractivity contribution in [2.45, 2.75) is 44.3 Å². The zero-order valence-corrected chi connectivity index (χ0v) is 18.4. The van der Waals surface area contributed by atoms with Crippen LogP contribution in [0.5, 0.6) is 0 Å². The van der Waals surface area contributed by atoms with Gasteiger partial charge in [-0.1, -0.05) is 23.7 Å². The molecule has 1 aliphatic rings. The van der Waals surface area contributed by atoms with Gasteiger partial charge in [0.05, 0.1) is 41.3 Å². The van der Waals surface area contributed by atoms with Crippen LogP contribution < -0.4 is 5.32 Å². The lowest BCUT2D eigenvalue weighted by Crippen LogP contribution is -2.27. The summed E-state index contributed by atoms with van der Waals surface area (Å²) in [4.78, 5) is 17.7. The minimum Gasteiger partial charge on any atom is -0.322 e. The quantitative estimate of drug-likeness (QED) is 0.435. The van der Waals surface area contributed by atoms with Gasteiger partial charge in [-0.25, -0.2) is 4.39 Å². The SMILES string of the molecule is CC(C)(F)Cn1ncc2cnc(-c3[nH]ncc3NC(=O)C3(c4ccc(Cl)cc4)CC3)cc21. The van der Waals surface area contributed by atoms with Gasteiger partial charge in [0.15, 0.2) is 0 Å². The van der Waals surface area contributed by atoms with Gasteiger partial charge in [0, 0.05) is 16.6 Å². The van der Waals surface area contributed by atoms with Crippen LogP contribution in [0.25, 0.3) is 22.3 Å². The first kappa shape index (κ1) is 20.6. The van der Waals surface area contributed by atoms with E-state index in [1.54, 1.807) is 35.4 Å². The Labute approximate surface area is 189 Å². The van der Waals surface area contributed by atoms with Crippen molar-refractivity contribution in [3.63, 3.8) is 0 Å². The highest BCUT2D eigenvalue weighted by Crippen LogP contribution is 2.49. The molecule has 164 valence electrons. The number of hydrogen-bond acceptors (Lipinski definition) is 4.